The van der Waals surface area contributed by atoms with Crippen LogP contribution in [0, 0.1) is 17.2 Å². The topological polar surface area (TPSA) is 84.3 Å². The molecular formula is C20H22N4OS. The van der Waals surface area contributed by atoms with Gasteiger partial charge in [-0.3, -0.25) is 9.98 Å². The molecule has 4 heterocycles. The summed E-state index contributed by atoms with van der Waals surface area (Å²) in [5.74, 6) is 0.387. The van der Waals surface area contributed by atoms with Crippen molar-refractivity contribution in [1.82, 2.24) is 4.98 Å². The highest BCUT2D eigenvalue weighted by molar-refractivity contribution is 7.17. The zero-order valence-electron chi connectivity index (χ0n) is 14.8. The van der Waals surface area contributed by atoms with Crippen LogP contribution in [0.2, 0.25) is 0 Å². The highest BCUT2D eigenvalue weighted by Gasteiger charge is 2.31. The van der Waals surface area contributed by atoms with E-state index in [1.165, 1.54) is 15.8 Å². The van der Waals surface area contributed by atoms with Crippen LogP contribution in [-0.4, -0.2) is 30.0 Å². The van der Waals surface area contributed by atoms with Gasteiger partial charge < -0.3 is 10.5 Å². The first kappa shape index (κ1) is 17.3. The van der Waals surface area contributed by atoms with E-state index in [4.69, 9.17) is 15.5 Å². The van der Waals surface area contributed by atoms with E-state index in [9.17, 15) is 5.26 Å². The van der Waals surface area contributed by atoms with Crippen molar-refractivity contribution >= 4 is 33.0 Å². The van der Waals surface area contributed by atoms with Crippen LogP contribution < -0.4 is 5.73 Å². The van der Waals surface area contributed by atoms with Crippen molar-refractivity contribution in [3.8, 4) is 6.07 Å². The van der Waals surface area contributed by atoms with Gasteiger partial charge in [-0.05, 0) is 29.9 Å². The summed E-state index contributed by atoms with van der Waals surface area (Å²) < 4.78 is 7.07. The second-order valence-electron chi connectivity index (χ2n) is 6.98. The molecule has 0 aromatic carbocycles. The number of nitriles is 1. The van der Waals surface area contributed by atoms with E-state index in [1.807, 2.05) is 6.20 Å². The van der Waals surface area contributed by atoms with E-state index in [0.29, 0.717) is 19.6 Å². The summed E-state index contributed by atoms with van der Waals surface area (Å²) in [6.07, 6.45) is 6.72. The smallest absolute Gasteiger partial charge is 0.0865 e. The normalized spacial score (nSPS) is 27.2. The predicted octanol–water partition coefficient (Wildman–Crippen LogP) is 4.08. The molecule has 2 unspecified atom stereocenters. The van der Waals surface area contributed by atoms with Crippen LogP contribution >= 0.6 is 11.3 Å². The van der Waals surface area contributed by atoms with Gasteiger partial charge in [0.05, 0.1) is 47.3 Å². The van der Waals surface area contributed by atoms with Crippen molar-refractivity contribution in [2.45, 2.75) is 38.2 Å². The number of aromatic nitrogens is 1. The monoisotopic (exact) mass is 366 g/mol. The lowest BCUT2D eigenvalue weighted by atomic mass is 9.79. The molecule has 1 saturated heterocycles. The zero-order valence-corrected chi connectivity index (χ0v) is 15.6. The average Bonchev–Trinajstić information content (AvgIpc) is 3.14. The Balaban J connectivity index is 1.77. The molecule has 2 aromatic rings. The van der Waals surface area contributed by atoms with E-state index >= 15 is 0 Å². The molecule has 0 radical (unpaired) electrons. The van der Waals surface area contributed by atoms with Crippen molar-refractivity contribution in [2.24, 2.45) is 16.6 Å². The summed E-state index contributed by atoms with van der Waals surface area (Å²) in [6, 6.07) is 4.32. The molecule has 5 nitrogen and oxygen atoms in total. The van der Waals surface area contributed by atoms with Gasteiger partial charge in [-0.2, -0.15) is 5.26 Å². The van der Waals surface area contributed by atoms with E-state index in [2.05, 4.69) is 35.5 Å². The molecule has 134 valence electrons. The number of pyridine rings is 1. The van der Waals surface area contributed by atoms with Gasteiger partial charge in [0, 0.05) is 29.7 Å². The van der Waals surface area contributed by atoms with Crippen LogP contribution in [0.4, 0.5) is 5.69 Å². The summed E-state index contributed by atoms with van der Waals surface area (Å²) in [6.45, 7) is 3.40. The summed E-state index contributed by atoms with van der Waals surface area (Å²) in [4.78, 5) is 9.31. The number of hydrogen-bond acceptors (Lipinski definition) is 6. The number of hydrogen-bond donors (Lipinski definition) is 1. The van der Waals surface area contributed by atoms with Gasteiger partial charge in [-0.25, -0.2) is 0 Å². The zero-order chi connectivity index (χ0) is 18.1. The Bertz CT molecular complexity index is 914. The Morgan fingerprint density at radius 1 is 1.50 bits per heavy atom. The first-order chi connectivity index (χ1) is 12.7. The predicted molar refractivity (Wildman–Crippen MR) is 105 cm³/mol. The molecule has 2 aliphatic heterocycles. The first-order valence-corrected chi connectivity index (χ1v) is 9.91. The van der Waals surface area contributed by atoms with Gasteiger partial charge in [0.15, 0.2) is 0 Å². The maximum absolute atomic E-state index is 9.20. The second kappa shape index (κ2) is 7.28. The van der Waals surface area contributed by atoms with Crippen molar-refractivity contribution < 1.29 is 4.74 Å². The molecule has 0 aliphatic carbocycles. The molecule has 0 saturated carbocycles. The standard InChI is InChI=1S/C20H22N4OS/c1-12-15(8-13-2-3-14(9-22)25-11-13)19-18(24-16(12)4-6-21)10-23-17-5-7-26-20(17)19/h5,7-8,10,12,14-15H,2-4,9,11,22H2,1H3/b13-8-/t12?,14-,15?/m1/s1. The minimum absolute atomic E-state index is 0.173. The van der Waals surface area contributed by atoms with Gasteiger partial charge in [0.25, 0.3) is 0 Å². The summed E-state index contributed by atoms with van der Waals surface area (Å²) in [5, 5.41) is 11.3. The largest absolute Gasteiger partial charge is 0.373 e. The van der Waals surface area contributed by atoms with Crippen LogP contribution in [-0.2, 0) is 4.74 Å². The molecule has 6 heteroatoms. The maximum Gasteiger partial charge on any atom is 0.0865 e. The van der Waals surface area contributed by atoms with E-state index in [1.54, 1.807) is 11.3 Å². The third-order valence-electron chi connectivity index (χ3n) is 5.38. The fourth-order valence-electron chi connectivity index (χ4n) is 3.85. The van der Waals surface area contributed by atoms with Crippen molar-refractivity contribution in [3.63, 3.8) is 0 Å². The quantitative estimate of drug-likeness (QED) is 0.830. The van der Waals surface area contributed by atoms with Gasteiger partial charge in [0.2, 0.25) is 0 Å². The highest BCUT2D eigenvalue weighted by Crippen LogP contribution is 2.45. The fourth-order valence-corrected chi connectivity index (χ4v) is 4.80. The van der Waals surface area contributed by atoms with Gasteiger partial charge in [-0.15, -0.1) is 11.3 Å². The number of aliphatic imine (C=N–C) groups is 1. The molecule has 2 aliphatic rings. The summed E-state index contributed by atoms with van der Waals surface area (Å²) in [5.41, 5.74) is 11.1. The molecule has 4 rings (SSSR count). The average molecular weight is 366 g/mol. The van der Waals surface area contributed by atoms with Crippen LogP contribution in [0.15, 0.2) is 34.3 Å². The molecule has 3 atom stereocenters. The minimum atomic E-state index is 0.173. The van der Waals surface area contributed by atoms with Crippen LogP contribution in [0.3, 0.4) is 0 Å². The number of nitrogens with two attached hydrogens (primary N) is 1. The molecule has 0 bridgehead atoms. The van der Waals surface area contributed by atoms with E-state index in [0.717, 1.165) is 29.8 Å². The van der Waals surface area contributed by atoms with Crippen molar-refractivity contribution in [1.29, 1.82) is 5.26 Å². The molecule has 0 amide bonds. The lowest BCUT2D eigenvalue weighted by Gasteiger charge is -2.31. The molecule has 2 N–H and O–H groups in total. The Kier molecular flexibility index (Phi) is 4.86. The van der Waals surface area contributed by atoms with Gasteiger partial charge in [0.1, 0.15) is 0 Å². The van der Waals surface area contributed by atoms with Crippen LogP contribution in [0.5, 0.6) is 0 Å². The van der Waals surface area contributed by atoms with Crippen molar-refractivity contribution in [3.05, 3.63) is 34.9 Å². The third-order valence-corrected chi connectivity index (χ3v) is 6.32. The Morgan fingerprint density at radius 2 is 2.38 bits per heavy atom. The number of allylic oxidation sites excluding steroid dienone is 1. The third kappa shape index (κ3) is 3.07. The second-order valence-corrected chi connectivity index (χ2v) is 7.89. The van der Waals surface area contributed by atoms with Crippen LogP contribution in [0.1, 0.15) is 37.7 Å². The molecule has 0 spiro atoms. The SMILES string of the molecule is CC1C(CC#N)=Nc2cnc3ccsc3c2C1/C=C1/CC[C@H](CN)OC1. The Labute approximate surface area is 157 Å². The van der Waals surface area contributed by atoms with Crippen molar-refractivity contribution in [2.75, 3.05) is 13.2 Å². The first-order valence-electron chi connectivity index (χ1n) is 9.03. The van der Waals surface area contributed by atoms with Gasteiger partial charge >= 0.3 is 0 Å². The molecule has 2 aromatic heterocycles. The Morgan fingerprint density at radius 3 is 3.12 bits per heavy atom. The minimum Gasteiger partial charge on any atom is -0.373 e. The Hall–Kier alpha value is -2.07. The summed E-state index contributed by atoms with van der Waals surface area (Å²) in [7, 11) is 0. The summed E-state index contributed by atoms with van der Waals surface area (Å²) >= 11 is 1.71. The highest BCUT2D eigenvalue weighted by atomic mass is 32.1. The fraction of sp³-hybridized carbons (Fsp3) is 0.450. The number of rotatable bonds is 3. The van der Waals surface area contributed by atoms with Crippen LogP contribution in [0.25, 0.3) is 10.2 Å². The number of nitrogens with zero attached hydrogens (tertiary/aromatic N) is 3. The lowest BCUT2D eigenvalue weighted by molar-refractivity contribution is 0.0484. The lowest BCUT2D eigenvalue weighted by Crippen LogP contribution is -2.29. The molecule has 26 heavy (non-hydrogen) atoms. The number of fused-ring (bicyclic) bond motifs is 3. The van der Waals surface area contributed by atoms with E-state index < -0.39 is 0 Å². The number of thiophene rings is 1. The van der Waals surface area contributed by atoms with E-state index in [-0.39, 0.29) is 17.9 Å². The number of ether oxygens (including phenoxy) is 1. The molecule has 1 fully saturated rings. The van der Waals surface area contributed by atoms with Gasteiger partial charge in [-0.1, -0.05) is 13.0 Å². The maximum atomic E-state index is 9.20. The molecular weight excluding hydrogens is 344 g/mol.